The van der Waals surface area contributed by atoms with Crippen LogP contribution in [-0.2, 0) is 4.79 Å². The van der Waals surface area contributed by atoms with E-state index in [1.807, 2.05) is 0 Å². The van der Waals surface area contributed by atoms with E-state index in [2.05, 4.69) is 15.5 Å². The van der Waals surface area contributed by atoms with Crippen molar-refractivity contribution in [1.82, 2.24) is 15.5 Å². The zero-order valence-corrected chi connectivity index (χ0v) is 9.46. The summed E-state index contributed by atoms with van der Waals surface area (Å²) in [5, 5.41) is 6.18. The van der Waals surface area contributed by atoms with Gasteiger partial charge in [0.15, 0.2) is 0 Å². The van der Waals surface area contributed by atoms with E-state index in [0.717, 1.165) is 12.5 Å². The Kier molecular flexibility index (Phi) is 3.59. The van der Waals surface area contributed by atoms with Crippen LogP contribution in [0.3, 0.4) is 0 Å². The molecule has 0 saturated carbocycles. The van der Waals surface area contributed by atoms with Gasteiger partial charge in [0.05, 0.1) is 0 Å². The number of carbonyl (C=O) groups is 1. The first-order chi connectivity index (χ1) is 7.29. The van der Waals surface area contributed by atoms with Gasteiger partial charge in [0, 0.05) is 32.6 Å². The number of hydrogen-bond acceptors (Lipinski definition) is 3. The normalized spacial score (nSPS) is 34.1. The molecule has 2 fully saturated rings. The first kappa shape index (κ1) is 10.9. The van der Waals surface area contributed by atoms with Crippen LogP contribution in [-0.4, -0.2) is 50.1 Å². The molecule has 2 aliphatic heterocycles. The number of amides is 1. The minimum absolute atomic E-state index is 0.131. The van der Waals surface area contributed by atoms with Gasteiger partial charge in [0.2, 0.25) is 5.91 Å². The third kappa shape index (κ3) is 2.69. The molecule has 2 heterocycles. The van der Waals surface area contributed by atoms with Gasteiger partial charge in [-0.2, -0.15) is 0 Å². The number of rotatable bonds is 4. The highest BCUT2D eigenvalue weighted by Crippen LogP contribution is 2.26. The topological polar surface area (TPSA) is 44.4 Å². The molecule has 2 aliphatic rings. The lowest BCUT2D eigenvalue weighted by atomic mass is 9.94. The second-order valence-corrected chi connectivity index (χ2v) is 4.62. The average Bonchev–Trinajstić information content (AvgIpc) is 2.64. The molecule has 4 heteroatoms. The van der Waals surface area contributed by atoms with Gasteiger partial charge < -0.3 is 15.5 Å². The van der Waals surface area contributed by atoms with Crippen LogP contribution in [0.2, 0.25) is 0 Å². The van der Waals surface area contributed by atoms with Gasteiger partial charge in [-0.15, -0.1) is 0 Å². The van der Waals surface area contributed by atoms with Crippen molar-refractivity contribution in [1.29, 1.82) is 0 Å². The zero-order chi connectivity index (χ0) is 10.7. The largest absolute Gasteiger partial charge is 0.359 e. The van der Waals surface area contributed by atoms with E-state index < -0.39 is 0 Å². The SMILES string of the molecule is CNC(=O)CCNC1CCN2CCC1C2. The summed E-state index contributed by atoms with van der Waals surface area (Å²) in [4.78, 5) is 13.6. The molecular weight excluding hydrogens is 190 g/mol. The minimum Gasteiger partial charge on any atom is -0.359 e. The van der Waals surface area contributed by atoms with Crippen LogP contribution in [0, 0.1) is 5.92 Å². The maximum Gasteiger partial charge on any atom is 0.221 e. The van der Waals surface area contributed by atoms with Crippen LogP contribution in [0.5, 0.6) is 0 Å². The van der Waals surface area contributed by atoms with Crippen molar-refractivity contribution < 1.29 is 4.79 Å². The lowest BCUT2D eigenvalue weighted by Gasteiger charge is -2.31. The van der Waals surface area contributed by atoms with Crippen molar-refractivity contribution in [3.63, 3.8) is 0 Å². The molecule has 2 rings (SSSR count). The first-order valence-electron chi connectivity index (χ1n) is 5.96. The second kappa shape index (κ2) is 4.94. The Bertz CT molecular complexity index is 232. The summed E-state index contributed by atoms with van der Waals surface area (Å²) in [7, 11) is 1.69. The maximum absolute atomic E-state index is 11.1. The Morgan fingerprint density at radius 1 is 1.40 bits per heavy atom. The number of nitrogens with zero attached hydrogens (tertiary/aromatic N) is 1. The van der Waals surface area contributed by atoms with Crippen molar-refractivity contribution in [2.45, 2.75) is 25.3 Å². The number of nitrogens with one attached hydrogen (secondary N) is 2. The van der Waals surface area contributed by atoms with Crippen LogP contribution >= 0.6 is 0 Å². The van der Waals surface area contributed by atoms with E-state index in [4.69, 9.17) is 0 Å². The van der Waals surface area contributed by atoms with Gasteiger partial charge in [-0.1, -0.05) is 0 Å². The highest BCUT2D eigenvalue weighted by Gasteiger charge is 2.33. The van der Waals surface area contributed by atoms with Crippen LogP contribution in [0.1, 0.15) is 19.3 Å². The summed E-state index contributed by atoms with van der Waals surface area (Å²) in [6, 6.07) is 0.647. The van der Waals surface area contributed by atoms with Gasteiger partial charge in [-0.25, -0.2) is 0 Å². The molecule has 2 bridgehead atoms. The Morgan fingerprint density at radius 3 is 3.00 bits per heavy atom. The van der Waals surface area contributed by atoms with Gasteiger partial charge >= 0.3 is 0 Å². The van der Waals surface area contributed by atoms with Crippen molar-refractivity contribution in [2.24, 2.45) is 5.92 Å². The molecule has 0 spiro atoms. The first-order valence-corrected chi connectivity index (χ1v) is 5.96. The molecule has 3 atom stereocenters. The van der Waals surface area contributed by atoms with Crippen molar-refractivity contribution in [2.75, 3.05) is 33.2 Å². The van der Waals surface area contributed by atoms with Gasteiger partial charge in [0.25, 0.3) is 0 Å². The van der Waals surface area contributed by atoms with E-state index in [0.29, 0.717) is 12.5 Å². The third-order valence-corrected chi connectivity index (χ3v) is 3.67. The number of fused-ring (bicyclic) bond motifs is 2. The summed E-state index contributed by atoms with van der Waals surface area (Å²) in [5.74, 6) is 0.954. The number of carbonyl (C=O) groups excluding carboxylic acids is 1. The predicted molar refractivity (Wildman–Crippen MR) is 59.6 cm³/mol. The summed E-state index contributed by atoms with van der Waals surface area (Å²) in [6.45, 7) is 4.59. The summed E-state index contributed by atoms with van der Waals surface area (Å²) in [5.41, 5.74) is 0. The summed E-state index contributed by atoms with van der Waals surface area (Å²) >= 11 is 0. The zero-order valence-electron chi connectivity index (χ0n) is 9.46. The molecule has 0 aromatic heterocycles. The molecule has 4 nitrogen and oxygen atoms in total. The highest BCUT2D eigenvalue weighted by atomic mass is 16.1. The molecule has 0 aromatic carbocycles. The van der Waals surface area contributed by atoms with Crippen molar-refractivity contribution in [3.8, 4) is 0 Å². The molecule has 86 valence electrons. The molecule has 2 saturated heterocycles. The molecule has 0 aromatic rings. The van der Waals surface area contributed by atoms with E-state index in [1.165, 1.54) is 32.5 Å². The van der Waals surface area contributed by atoms with E-state index in [9.17, 15) is 4.79 Å². The van der Waals surface area contributed by atoms with Crippen molar-refractivity contribution >= 4 is 5.91 Å². The second-order valence-electron chi connectivity index (χ2n) is 4.62. The van der Waals surface area contributed by atoms with E-state index in [1.54, 1.807) is 7.05 Å². The number of piperidine rings is 1. The fourth-order valence-electron chi connectivity index (χ4n) is 2.72. The Balaban J connectivity index is 1.68. The van der Waals surface area contributed by atoms with Crippen LogP contribution in [0.4, 0.5) is 0 Å². The molecule has 3 unspecified atom stereocenters. The predicted octanol–water partition coefficient (Wildman–Crippen LogP) is -0.194. The average molecular weight is 211 g/mol. The quantitative estimate of drug-likeness (QED) is 0.677. The molecular formula is C11H21N3O. The molecule has 15 heavy (non-hydrogen) atoms. The van der Waals surface area contributed by atoms with Crippen LogP contribution in [0.15, 0.2) is 0 Å². The lowest BCUT2D eigenvalue weighted by Crippen LogP contribution is -2.44. The lowest BCUT2D eigenvalue weighted by molar-refractivity contribution is -0.120. The van der Waals surface area contributed by atoms with Crippen molar-refractivity contribution in [3.05, 3.63) is 0 Å². The van der Waals surface area contributed by atoms with Gasteiger partial charge in [0.1, 0.15) is 0 Å². The standard InChI is InChI=1S/C11H21N3O/c1-12-11(15)2-5-13-10-4-7-14-6-3-9(10)8-14/h9-10,13H,2-8H2,1H3,(H,12,15). The summed E-state index contributed by atoms with van der Waals surface area (Å²) < 4.78 is 0. The monoisotopic (exact) mass is 211 g/mol. The van der Waals surface area contributed by atoms with E-state index in [-0.39, 0.29) is 5.91 Å². The third-order valence-electron chi connectivity index (χ3n) is 3.67. The van der Waals surface area contributed by atoms with Crippen LogP contribution < -0.4 is 10.6 Å². The fourth-order valence-corrected chi connectivity index (χ4v) is 2.72. The Hall–Kier alpha value is -0.610. The van der Waals surface area contributed by atoms with Gasteiger partial charge in [-0.3, -0.25) is 4.79 Å². The Labute approximate surface area is 91.4 Å². The smallest absolute Gasteiger partial charge is 0.221 e. The number of hydrogen-bond donors (Lipinski definition) is 2. The molecule has 1 amide bonds. The van der Waals surface area contributed by atoms with Crippen LogP contribution in [0.25, 0.3) is 0 Å². The fraction of sp³-hybridized carbons (Fsp3) is 0.909. The minimum atomic E-state index is 0.131. The highest BCUT2D eigenvalue weighted by molar-refractivity contribution is 5.75. The van der Waals surface area contributed by atoms with E-state index >= 15 is 0 Å². The van der Waals surface area contributed by atoms with Gasteiger partial charge in [-0.05, 0) is 31.8 Å². The molecule has 0 radical (unpaired) electrons. The molecule has 2 N–H and O–H groups in total. The maximum atomic E-state index is 11.1. The Morgan fingerprint density at radius 2 is 2.20 bits per heavy atom. The molecule has 0 aliphatic carbocycles. The summed E-state index contributed by atoms with van der Waals surface area (Å²) in [6.07, 6.45) is 3.18.